The molecule has 1 amide bonds. The molecule has 0 saturated carbocycles. The summed E-state index contributed by atoms with van der Waals surface area (Å²) < 4.78 is 27.7. The van der Waals surface area contributed by atoms with Gasteiger partial charge in [0.15, 0.2) is 0 Å². The summed E-state index contributed by atoms with van der Waals surface area (Å²) in [6.45, 7) is 6.32. The highest BCUT2D eigenvalue weighted by molar-refractivity contribution is 5.83. The first-order chi connectivity index (χ1) is 8.85. The summed E-state index contributed by atoms with van der Waals surface area (Å²) in [7, 11) is 0. The monoisotopic (exact) mass is 274 g/mol. The van der Waals surface area contributed by atoms with Crippen molar-refractivity contribution < 1.29 is 13.6 Å². The maximum Gasteiger partial charge on any atom is 0.325 e. The average molecular weight is 274 g/mol. The highest BCUT2D eigenvalue weighted by atomic mass is 19.3. The van der Waals surface area contributed by atoms with Gasteiger partial charge in [0.2, 0.25) is 0 Å². The third-order valence-corrected chi connectivity index (χ3v) is 4.37. The van der Waals surface area contributed by atoms with E-state index in [9.17, 15) is 13.6 Å². The Balaban J connectivity index is 1.98. The zero-order valence-corrected chi connectivity index (χ0v) is 11.8. The summed E-state index contributed by atoms with van der Waals surface area (Å²) in [6, 6.07) is 0. The van der Waals surface area contributed by atoms with Crippen LogP contribution in [0, 0.1) is 11.3 Å². The summed E-state index contributed by atoms with van der Waals surface area (Å²) in [5.41, 5.74) is 0.0921. The fourth-order valence-corrected chi connectivity index (χ4v) is 3.31. The molecular weight excluding hydrogens is 250 g/mol. The maximum absolute atomic E-state index is 13.9. The lowest BCUT2D eigenvalue weighted by atomic mass is 9.78. The molecule has 0 aromatic rings. The summed E-state index contributed by atoms with van der Waals surface area (Å²) in [4.78, 5) is 13.4. The Morgan fingerprint density at radius 2 is 1.95 bits per heavy atom. The molecule has 5 heteroatoms. The number of nitrogens with one attached hydrogen (secondary N) is 1. The van der Waals surface area contributed by atoms with E-state index >= 15 is 0 Å². The van der Waals surface area contributed by atoms with Crippen LogP contribution in [0.3, 0.4) is 0 Å². The average Bonchev–Trinajstić information content (AvgIpc) is 2.71. The van der Waals surface area contributed by atoms with E-state index < -0.39 is 11.8 Å². The second kappa shape index (κ2) is 5.35. The number of rotatable bonds is 3. The molecule has 0 aliphatic carbocycles. The van der Waals surface area contributed by atoms with Crippen LogP contribution in [0.4, 0.5) is 8.78 Å². The first-order valence-corrected chi connectivity index (χ1v) is 7.23. The Kier molecular flexibility index (Phi) is 4.14. The largest absolute Gasteiger partial charge is 0.337 e. The summed E-state index contributed by atoms with van der Waals surface area (Å²) in [5, 5.41) is 3.28. The Hall–Kier alpha value is -0.710. The van der Waals surface area contributed by atoms with Gasteiger partial charge < -0.3 is 10.2 Å². The van der Waals surface area contributed by atoms with Gasteiger partial charge in [-0.1, -0.05) is 13.8 Å². The van der Waals surface area contributed by atoms with E-state index in [0.29, 0.717) is 13.1 Å². The number of hydrogen-bond donors (Lipinski definition) is 1. The van der Waals surface area contributed by atoms with Crippen molar-refractivity contribution in [3.8, 4) is 0 Å². The molecule has 2 rings (SSSR count). The zero-order valence-electron chi connectivity index (χ0n) is 11.8. The normalized spacial score (nSPS) is 23.3. The minimum Gasteiger partial charge on any atom is -0.337 e. The second-order valence-corrected chi connectivity index (χ2v) is 6.53. The Bertz CT molecular complexity index is 338. The van der Waals surface area contributed by atoms with Gasteiger partial charge in [0.25, 0.3) is 5.91 Å². The summed E-state index contributed by atoms with van der Waals surface area (Å²) in [5.74, 6) is -4.34. The molecule has 2 heterocycles. The van der Waals surface area contributed by atoms with Gasteiger partial charge in [0.05, 0.1) is 0 Å². The van der Waals surface area contributed by atoms with E-state index in [0.717, 1.165) is 32.4 Å². The lowest BCUT2D eigenvalue weighted by Gasteiger charge is -2.34. The van der Waals surface area contributed by atoms with Crippen molar-refractivity contribution in [2.45, 2.75) is 45.5 Å². The molecule has 0 radical (unpaired) electrons. The molecule has 0 atom stereocenters. The summed E-state index contributed by atoms with van der Waals surface area (Å²) >= 11 is 0. The third kappa shape index (κ3) is 3.25. The van der Waals surface area contributed by atoms with Crippen LogP contribution in [0.5, 0.6) is 0 Å². The van der Waals surface area contributed by atoms with E-state index in [1.807, 2.05) is 0 Å². The SMILES string of the molecule is CC(C)CC(F)(F)C(=O)N1CCC2(CCNCC2)C1. The molecule has 19 heavy (non-hydrogen) atoms. The first-order valence-electron chi connectivity index (χ1n) is 7.23. The van der Waals surface area contributed by atoms with Crippen molar-refractivity contribution in [2.75, 3.05) is 26.2 Å². The number of amides is 1. The molecular formula is C14H24F2N2O. The number of carbonyl (C=O) groups is 1. The van der Waals surface area contributed by atoms with Gasteiger partial charge in [0, 0.05) is 19.5 Å². The molecule has 2 saturated heterocycles. The van der Waals surface area contributed by atoms with Crippen LogP contribution in [0.25, 0.3) is 0 Å². The fourth-order valence-electron chi connectivity index (χ4n) is 3.31. The van der Waals surface area contributed by atoms with E-state index in [2.05, 4.69) is 5.32 Å². The van der Waals surface area contributed by atoms with Crippen LogP contribution in [-0.4, -0.2) is 42.9 Å². The highest BCUT2D eigenvalue weighted by Gasteiger charge is 2.48. The van der Waals surface area contributed by atoms with Crippen LogP contribution < -0.4 is 5.32 Å². The molecule has 1 spiro atoms. The number of carbonyl (C=O) groups excluding carboxylic acids is 1. The van der Waals surface area contributed by atoms with Gasteiger partial charge >= 0.3 is 5.92 Å². The van der Waals surface area contributed by atoms with Crippen molar-refractivity contribution in [1.82, 2.24) is 10.2 Å². The smallest absolute Gasteiger partial charge is 0.325 e. The molecule has 0 bridgehead atoms. The van der Waals surface area contributed by atoms with E-state index in [1.54, 1.807) is 13.8 Å². The van der Waals surface area contributed by atoms with E-state index in [4.69, 9.17) is 0 Å². The molecule has 0 aromatic carbocycles. The summed E-state index contributed by atoms with van der Waals surface area (Å²) in [6.07, 6.45) is 2.51. The molecule has 110 valence electrons. The van der Waals surface area contributed by atoms with Crippen LogP contribution in [-0.2, 0) is 4.79 Å². The molecule has 2 fully saturated rings. The van der Waals surface area contributed by atoms with Gasteiger partial charge in [-0.2, -0.15) is 8.78 Å². The zero-order chi connectivity index (χ0) is 14.1. The molecule has 3 nitrogen and oxygen atoms in total. The fraction of sp³-hybridized carbons (Fsp3) is 0.929. The van der Waals surface area contributed by atoms with Crippen LogP contribution in [0.2, 0.25) is 0 Å². The number of hydrogen-bond acceptors (Lipinski definition) is 2. The van der Waals surface area contributed by atoms with Crippen molar-refractivity contribution in [3.05, 3.63) is 0 Å². The van der Waals surface area contributed by atoms with Crippen LogP contribution in [0.1, 0.15) is 39.5 Å². The van der Waals surface area contributed by atoms with Gasteiger partial charge in [0.1, 0.15) is 0 Å². The lowest BCUT2D eigenvalue weighted by Crippen LogP contribution is -2.45. The van der Waals surface area contributed by atoms with Gasteiger partial charge in [-0.05, 0) is 43.7 Å². The molecule has 1 N–H and O–H groups in total. The van der Waals surface area contributed by atoms with E-state index in [1.165, 1.54) is 4.90 Å². The van der Waals surface area contributed by atoms with Gasteiger partial charge in [-0.25, -0.2) is 0 Å². The van der Waals surface area contributed by atoms with Gasteiger partial charge in [-0.15, -0.1) is 0 Å². The second-order valence-electron chi connectivity index (χ2n) is 6.53. The van der Waals surface area contributed by atoms with Crippen molar-refractivity contribution >= 4 is 5.91 Å². The predicted molar refractivity (Wildman–Crippen MR) is 70.1 cm³/mol. The number of halogens is 2. The molecule has 0 aromatic heterocycles. The Labute approximate surface area is 113 Å². The molecule has 2 aliphatic rings. The maximum atomic E-state index is 13.9. The minimum atomic E-state index is -3.20. The quantitative estimate of drug-likeness (QED) is 0.856. The first kappa shape index (κ1) is 14.7. The number of likely N-dealkylation sites (tertiary alicyclic amines) is 1. The van der Waals surface area contributed by atoms with Crippen LogP contribution in [0.15, 0.2) is 0 Å². The predicted octanol–water partition coefficient (Wildman–Crippen LogP) is 2.27. The van der Waals surface area contributed by atoms with Crippen molar-refractivity contribution in [1.29, 1.82) is 0 Å². The standard InChI is InChI=1S/C14H24F2N2O/c1-11(2)9-14(15,16)12(19)18-8-5-13(10-18)3-6-17-7-4-13/h11,17H,3-10H2,1-2H3. The Morgan fingerprint density at radius 1 is 1.32 bits per heavy atom. The number of nitrogens with zero attached hydrogens (tertiary/aromatic N) is 1. The van der Waals surface area contributed by atoms with E-state index in [-0.39, 0.29) is 17.8 Å². The number of piperidine rings is 1. The van der Waals surface area contributed by atoms with Crippen LogP contribution >= 0.6 is 0 Å². The lowest BCUT2D eigenvalue weighted by molar-refractivity contribution is -0.159. The Morgan fingerprint density at radius 3 is 2.53 bits per heavy atom. The van der Waals surface area contributed by atoms with Gasteiger partial charge in [-0.3, -0.25) is 4.79 Å². The van der Waals surface area contributed by atoms with Crippen molar-refractivity contribution in [3.63, 3.8) is 0 Å². The van der Waals surface area contributed by atoms with Crippen molar-refractivity contribution in [2.24, 2.45) is 11.3 Å². The number of alkyl halides is 2. The third-order valence-electron chi connectivity index (χ3n) is 4.37. The highest BCUT2D eigenvalue weighted by Crippen LogP contribution is 2.40. The minimum absolute atomic E-state index is 0.0921. The molecule has 0 unspecified atom stereocenters. The molecule has 2 aliphatic heterocycles. The topological polar surface area (TPSA) is 32.3 Å².